The Bertz CT molecular complexity index is 349. The predicted molar refractivity (Wildman–Crippen MR) is 70.6 cm³/mol. The zero-order chi connectivity index (χ0) is 13.2. The van der Waals surface area contributed by atoms with Crippen LogP contribution < -0.4 is 5.32 Å². The van der Waals surface area contributed by atoms with Gasteiger partial charge in [0.15, 0.2) is 0 Å². The molecule has 0 spiro atoms. The maximum atomic E-state index is 11.6. The van der Waals surface area contributed by atoms with E-state index in [4.69, 9.17) is 9.47 Å². The molecule has 0 aliphatic heterocycles. The van der Waals surface area contributed by atoms with Gasteiger partial charge in [-0.3, -0.25) is 0 Å². The normalized spacial score (nSPS) is 10.3. The zero-order valence-corrected chi connectivity index (χ0v) is 11.1. The molecule has 100 valence electrons. The molecule has 1 N–H and O–H groups in total. The van der Waals surface area contributed by atoms with Crippen molar-refractivity contribution in [3.05, 3.63) is 35.4 Å². The van der Waals surface area contributed by atoms with Gasteiger partial charge in [0, 0.05) is 6.54 Å². The number of esters is 1. The first-order chi connectivity index (χ1) is 8.77. The van der Waals surface area contributed by atoms with Gasteiger partial charge in [-0.25, -0.2) is 4.79 Å². The molecule has 1 rings (SSSR count). The first-order valence-corrected chi connectivity index (χ1v) is 6.26. The number of hydrogen-bond donors (Lipinski definition) is 1. The van der Waals surface area contributed by atoms with E-state index >= 15 is 0 Å². The highest BCUT2D eigenvalue weighted by atomic mass is 16.5. The van der Waals surface area contributed by atoms with E-state index in [1.54, 1.807) is 12.1 Å². The van der Waals surface area contributed by atoms with Gasteiger partial charge in [-0.15, -0.1) is 0 Å². The molecule has 0 unspecified atom stereocenters. The first kappa shape index (κ1) is 14.7. The molecule has 4 nitrogen and oxygen atoms in total. The summed E-state index contributed by atoms with van der Waals surface area (Å²) in [6.45, 7) is 4.51. The predicted octanol–water partition coefficient (Wildman–Crippen LogP) is 1.99. The number of benzene rings is 1. The van der Waals surface area contributed by atoms with Crippen molar-refractivity contribution in [2.75, 3.05) is 26.8 Å². The van der Waals surface area contributed by atoms with Gasteiger partial charge in [0.25, 0.3) is 0 Å². The Morgan fingerprint density at radius 2 is 1.94 bits per heavy atom. The Hall–Kier alpha value is -1.39. The molecule has 0 saturated carbocycles. The first-order valence-electron chi connectivity index (χ1n) is 6.26. The van der Waals surface area contributed by atoms with Crippen molar-refractivity contribution in [1.29, 1.82) is 0 Å². The molecule has 0 heterocycles. The van der Waals surface area contributed by atoms with Crippen molar-refractivity contribution in [3.8, 4) is 0 Å². The smallest absolute Gasteiger partial charge is 0.338 e. The average Bonchev–Trinajstić information content (AvgIpc) is 2.41. The summed E-state index contributed by atoms with van der Waals surface area (Å²) in [6.07, 6.45) is 0.836. The van der Waals surface area contributed by atoms with Crippen LogP contribution in [0.25, 0.3) is 0 Å². The van der Waals surface area contributed by atoms with Crippen LogP contribution in [0.15, 0.2) is 24.3 Å². The summed E-state index contributed by atoms with van der Waals surface area (Å²) in [5.41, 5.74) is 1.64. The lowest BCUT2D eigenvalue weighted by Gasteiger charge is -2.06. The summed E-state index contributed by atoms with van der Waals surface area (Å²) >= 11 is 0. The Morgan fingerprint density at radius 3 is 2.56 bits per heavy atom. The Morgan fingerprint density at radius 1 is 1.22 bits per heavy atom. The van der Waals surface area contributed by atoms with Crippen LogP contribution in [0.2, 0.25) is 0 Å². The van der Waals surface area contributed by atoms with Gasteiger partial charge in [0.05, 0.1) is 25.4 Å². The van der Waals surface area contributed by atoms with Gasteiger partial charge < -0.3 is 14.8 Å². The van der Waals surface area contributed by atoms with E-state index in [0.717, 1.165) is 18.5 Å². The number of ether oxygens (including phenoxy) is 2. The van der Waals surface area contributed by atoms with Crippen LogP contribution >= 0.6 is 0 Å². The van der Waals surface area contributed by atoms with Gasteiger partial charge in [0.2, 0.25) is 0 Å². The summed E-state index contributed by atoms with van der Waals surface area (Å²) in [4.78, 5) is 11.6. The van der Waals surface area contributed by atoms with Crippen LogP contribution in [-0.2, 0) is 16.1 Å². The minimum Gasteiger partial charge on any atom is -0.462 e. The van der Waals surface area contributed by atoms with Gasteiger partial charge in [-0.1, -0.05) is 19.1 Å². The summed E-state index contributed by atoms with van der Waals surface area (Å²) in [6, 6.07) is 7.33. The fourth-order valence-electron chi connectivity index (χ4n) is 1.38. The zero-order valence-electron chi connectivity index (χ0n) is 11.1. The van der Waals surface area contributed by atoms with Gasteiger partial charge in [-0.2, -0.15) is 0 Å². The highest BCUT2D eigenvalue weighted by Crippen LogP contribution is 2.07. The SMILES string of the molecule is CCCOC(=O)c1ccc(COCCNC)cc1. The fraction of sp³-hybridized carbons (Fsp3) is 0.500. The number of rotatable bonds is 8. The molecule has 0 atom stereocenters. The molecule has 0 aliphatic carbocycles. The van der Waals surface area contributed by atoms with Gasteiger partial charge >= 0.3 is 5.97 Å². The molecule has 18 heavy (non-hydrogen) atoms. The summed E-state index contributed by atoms with van der Waals surface area (Å²) < 4.78 is 10.5. The lowest BCUT2D eigenvalue weighted by Crippen LogP contribution is -2.14. The summed E-state index contributed by atoms with van der Waals surface area (Å²) in [5, 5.41) is 3.01. The molecule has 1 aromatic rings. The number of carbonyl (C=O) groups is 1. The highest BCUT2D eigenvalue weighted by molar-refractivity contribution is 5.89. The number of likely N-dealkylation sites (N-methyl/N-ethyl adjacent to an activating group) is 1. The van der Waals surface area contributed by atoms with Crippen LogP contribution in [0.5, 0.6) is 0 Å². The second kappa shape index (κ2) is 8.66. The molecule has 0 aromatic heterocycles. The van der Waals surface area contributed by atoms with E-state index in [2.05, 4.69) is 5.32 Å². The monoisotopic (exact) mass is 251 g/mol. The number of nitrogens with one attached hydrogen (secondary N) is 1. The standard InChI is InChI=1S/C14H21NO3/c1-3-9-18-14(16)13-6-4-12(5-7-13)11-17-10-8-15-2/h4-7,15H,3,8-11H2,1-2H3. The molecule has 0 amide bonds. The Balaban J connectivity index is 2.39. The third kappa shape index (κ3) is 5.29. The molecule has 0 saturated heterocycles. The number of hydrogen-bond acceptors (Lipinski definition) is 4. The molecule has 0 fully saturated rings. The van der Waals surface area contributed by atoms with E-state index in [1.807, 2.05) is 26.1 Å². The quantitative estimate of drug-likeness (QED) is 0.567. The molecule has 1 aromatic carbocycles. The third-order valence-electron chi connectivity index (χ3n) is 2.39. The lowest BCUT2D eigenvalue weighted by atomic mass is 10.1. The van der Waals surface area contributed by atoms with Crippen LogP contribution in [0.3, 0.4) is 0 Å². The van der Waals surface area contributed by atoms with Gasteiger partial charge in [-0.05, 0) is 31.2 Å². The largest absolute Gasteiger partial charge is 0.462 e. The molecule has 4 heteroatoms. The van der Waals surface area contributed by atoms with Gasteiger partial charge in [0.1, 0.15) is 0 Å². The summed E-state index contributed by atoms with van der Waals surface area (Å²) in [7, 11) is 1.89. The van der Waals surface area contributed by atoms with Crippen LogP contribution in [-0.4, -0.2) is 32.8 Å². The van der Waals surface area contributed by atoms with E-state index in [-0.39, 0.29) is 5.97 Å². The van der Waals surface area contributed by atoms with Crippen molar-refractivity contribution in [3.63, 3.8) is 0 Å². The Kier molecular flexibility index (Phi) is 7.06. The maximum absolute atomic E-state index is 11.6. The van der Waals surface area contributed by atoms with Crippen molar-refractivity contribution in [2.45, 2.75) is 20.0 Å². The third-order valence-corrected chi connectivity index (χ3v) is 2.39. The highest BCUT2D eigenvalue weighted by Gasteiger charge is 2.05. The fourth-order valence-corrected chi connectivity index (χ4v) is 1.38. The van der Waals surface area contributed by atoms with Crippen LogP contribution in [0, 0.1) is 0 Å². The van der Waals surface area contributed by atoms with E-state index < -0.39 is 0 Å². The average molecular weight is 251 g/mol. The van der Waals surface area contributed by atoms with Crippen molar-refractivity contribution in [1.82, 2.24) is 5.32 Å². The second-order valence-electron chi connectivity index (χ2n) is 3.99. The van der Waals surface area contributed by atoms with Crippen molar-refractivity contribution in [2.24, 2.45) is 0 Å². The van der Waals surface area contributed by atoms with Crippen LogP contribution in [0.1, 0.15) is 29.3 Å². The molecule has 0 bridgehead atoms. The maximum Gasteiger partial charge on any atom is 0.338 e. The lowest BCUT2D eigenvalue weighted by molar-refractivity contribution is 0.0505. The molecular weight excluding hydrogens is 230 g/mol. The van der Waals surface area contributed by atoms with Crippen molar-refractivity contribution >= 4 is 5.97 Å². The second-order valence-corrected chi connectivity index (χ2v) is 3.99. The minimum atomic E-state index is -0.264. The van der Waals surface area contributed by atoms with E-state index in [9.17, 15) is 4.79 Å². The van der Waals surface area contributed by atoms with Crippen LogP contribution in [0.4, 0.5) is 0 Å². The molecule has 0 radical (unpaired) electrons. The minimum absolute atomic E-state index is 0.264. The van der Waals surface area contributed by atoms with E-state index in [0.29, 0.717) is 25.4 Å². The topological polar surface area (TPSA) is 47.6 Å². The molecular formula is C14H21NO3. The Labute approximate surface area is 108 Å². The number of carbonyl (C=O) groups excluding carboxylic acids is 1. The molecule has 0 aliphatic rings. The van der Waals surface area contributed by atoms with Crippen molar-refractivity contribution < 1.29 is 14.3 Å². The van der Waals surface area contributed by atoms with E-state index in [1.165, 1.54) is 0 Å². The summed E-state index contributed by atoms with van der Waals surface area (Å²) in [5.74, 6) is -0.264.